The van der Waals surface area contributed by atoms with Crippen molar-refractivity contribution in [1.82, 2.24) is 15.0 Å². The zero-order valence-electron chi connectivity index (χ0n) is 9.34. The molecule has 0 aliphatic heterocycles. The molecule has 0 saturated carbocycles. The van der Waals surface area contributed by atoms with E-state index in [1.807, 2.05) is 18.2 Å². The molecule has 18 heavy (non-hydrogen) atoms. The molecular weight excluding hydrogens is 248 g/mol. The lowest BCUT2D eigenvalue weighted by atomic mass is 10.1. The van der Waals surface area contributed by atoms with Crippen LogP contribution in [-0.2, 0) is 0 Å². The van der Waals surface area contributed by atoms with Gasteiger partial charge in [-0.1, -0.05) is 11.6 Å². The van der Waals surface area contributed by atoms with Crippen molar-refractivity contribution in [3.05, 3.63) is 47.9 Å². The van der Waals surface area contributed by atoms with E-state index in [1.54, 1.807) is 24.7 Å². The fraction of sp³-hybridized carbons (Fsp3) is 0. The van der Waals surface area contributed by atoms with E-state index in [1.165, 1.54) is 0 Å². The highest BCUT2D eigenvalue weighted by Crippen LogP contribution is 2.31. The molecule has 2 N–H and O–H groups in total. The van der Waals surface area contributed by atoms with Gasteiger partial charge >= 0.3 is 0 Å². The Bertz CT molecular complexity index is 713. The first kappa shape index (κ1) is 10.9. The van der Waals surface area contributed by atoms with Gasteiger partial charge in [-0.05, 0) is 29.8 Å². The van der Waals surface area contributed by atoms with Crippen LogP contribution < -0.4 is 5.73 Å². The minimum atomic E-state index is 0.246. The highest BCUT2D eigenvalue weighted by atomic mass is 35.5. The van der Waals surface area contributed by atoms with E-state index in [0.717, 1.165) is 22.0 Å². The molecule has 88 valence electrons. The molecule has 0 aliphatic carbocycles. The van der Waals surface area contributed by atoms with Gasteiger partial charge in [0.1, 0.15) is 0 Å². The lowest BCUT2D eigenvalue weighted by molar-refractivity contribution is 1.24. The summed E-state index contributed by atoms with van der Waals surface area (Å²) in [7, 11) is 0. The molecule has 2 heterocycles. The Morgan fingerprint density at radius 1 is 1.11 bits per heavy atom. The van der Waals surface area contributed by atoms with Crippen LogP contribution in [0.4, 0.5) is 5.95 Å². The van der Waals surface area contributed by atoms with Crippen molar-refractivity contribution < 1.29 is 0 Å². The zero-order valence-corrected chi connectivity index (χ0v) is 10.1. The lowest BCUT2D eigenvalue weighted by Gasteiger charge is -2.06. The van der Waals surface area contributed by atoms with Gasteiger partial charge in [0.25, 0.3) is 0 Å². The van der Waals surface area contributed by atoms with Crippen LogP contribution >= 0.6 is 11.6 Å². The normalized spacial score (nSPS) is 10.7. The molecule has 3 rings (SSSR count). The number of anilines is 1. The minimum Gasteiger partial charge on any atom is -0.368 e. The summed E-state index contributed by atoms with van der Waals surface area (Å²) >= 11 is 6.27. The van der Waals surface area contributed by atoms with Gasteiger partial charge in [0.05, 0.1) is 10.5 Å². The van der Waals surface area contributed by atoms with E-state index < -0.39 is 0 Å². The quantitative estimate of drug-likeness (QED) is 0.727. The number of nitrogens with two attached hydrogens (primary N) is 1. The largest absolute Gasteiger partial charge is 0.368 e. The molecule has 0 spiro atoms. The van der Waals surface area contributed by atoms with E-state index in [4.69, 9.17) is 17.3 Å². The number of hydrogen-bond donors (Lipinski definition) is 1. The maximum atomic E-state index is 6.27. The number of halogens is 1. The number of rotatable bonds is 1. The van der Waals surface area contributed by atoms with Gasteiger partial charge in [0, 0.05) is 29.5 Å². The van der Waals surface area contributed by atoms with Gasteiger partial charge in [-0.25, -0.2) is 9.97 Å². The lowest BCUT2D eigenvalue weighted by Crippen LogP contribution is -1.94. The van der Waals surface area contributed by atoms with E-state index in [9.17, 15) is 0 Å². The number of hydrogen-bond acceptors (Lipinski definition) is 4. The molecule has 0 amide bonds. The topological polar surface area (TPSA) is 64.7 Å². The van der Waals surface area contributed by atoms with Crippen LogP contribution in [0.15, 0.2) is 42.9 Å². The molecule has 0 aliphatic rings. The summed E-state index contributed by atoms with van der Waals surface area (Å²) in [5, 5.41) is 1.53. The number of nitrogens with zero attached hydrogens (tertiary/aromatic N) is 3. The third-order valence-corrected chi connectivity index (χ3v) is 2.99. The number of fused-ring (bicyclic) bond motifs is 1. The van der Waals surface area contributed by atoms with Crippen LogP contribution in [-0.4, -0.2) is 15.0 Å². The summed E-state index contributed by atoms with van der Waals surface area (Å²) in [5.74, 6) is 0.246. The highest BCUT2D eigenvalue weighted by molar-refractivity contribution is 6.34. The van der Waals surface area contributed by atoms with Gasteiger partial charge in [0.15, 0.2) is 0 Å². The van der Waals surface area contributed by atoms with Gasteiger partial charge in [0.2, 0.25) is 5.95 Å². The van der Waals surface area contributed by atoms with E-state index in [-0.39, 0.29) is 5.95 Å². The molecular formula is C13H9ClN4. The number of benzene rings is 1. The Labute approximate surface area is 108 Å². The van der Waals surface area contributed by atoms with Crippen LogP contribution in [0.1, 0.15) is 0 Å². The number of aromatic nitrogens is 3. The Balaban J connectivity index is 2.25. The summed E-state index contributed by atoms with van der Waals surface area (Å²) in [6.07, 6.45) is 5.16. The molecule has 0 atom stereocenters. The standard InChI is InChI=1S/C13H9ClN4/c14-11-6-12-9(7-17-13(15)18-12)5-10(11)8-1-3-16-4-2-8/h1-7H,(H2,15,17,18). The molecule has 2 aromatic heterocycles. The van der Waals surface area contributed by atoms with Crippen molar-refractivity contribution in [2.75, 3.05) is 5.73 Å². The van der Waals surface area contributed by atoms with E-state index >= 15 is 0 Å². The van der Waals surface area contributed by atoms with Crippen molar-refractivity contribution >= 4 is 28.5 Å². The predicted octanol–water partition coefficient (Wildman–Crippen LogP) is 2.93. The molecule has 4 nitrogen and oxygen atoms in total. The minimum absolute atomic E-state index is 0.246. The second kappa shape index (κ2) is 4.23. The monoisotopic (exact) mass is 256 g/mol. The molecule has 0 radical (unpaired) electrons. The Morgan fingerprint density at radius 2 is 1.89 bits per heavy atom. The molecule has 0 fully saturated rings. The summed E-state index contributed by atoms with van der Waals surface area (Å²) < 4.78 is 0. The number of nitrogen functional groups attached to an aromatic ring is 1. The molecule has 3 aromatic rings. The maximum Gasteiger partial charge on any atom is 0.220 e. The SMILES string of the molecule is Nc1ncc2cc(-c3ccncc3)c(Cl)cc2n1. The predicted molar refractivity (Wildman–Crippen MR) is 72.2 cm³/mol. The molecule has 0 bridgehead atoms. The summed E-state index contributed by atoms with van der Waals surface area (Å²) in [6.45, 7) is 0. The van der Waals surface area contributed by atoms with Crippen LogP contribution in [0.25, 0.3) is 22.0 Å². The second-order valence-corrected chi connectivity index (χ2v) is 4.26. The van der Waals surface area contributed by atoms with Gasteiger partial charge in [-0.15, -0.1) is 0 Å². The van der Waals surface area contributed by atoms with Crippen LogP contribution in [0.2, 0.25) is 5.02 Å². The van der Waals surface area contributed by atoms with Gasteiger partial charge in [-0.2, -0.15) is 0 Å². The summed E-state index contributed by atoms with van der Waals surface area (Å²) in [6, 6.07) is 7.56. The maximum absolute atomic E-state index is 6.27. The average molecular weight is 257 g/mol. The van der Waals surface area contributed by atoms with Crippen molar-refractivity contribution in [3.63, 3.8) is 0 Å². The van der Waals surface area contributed by atoms with Crippen molar-refractivity contribution in [2.45, 2.75) is 0 Å². The first-order valence-corrected chi connectivity index (χ1v) is 5.74. The molecule has 0 saturated heterocycles. The first-order chi connectivity index (χ1) is 8.74. The van der Waals surface area contributed by atoms with Crippen LogP contribution in [0.3, 0.4) is 0 Å². The Hall–Kier alpha value is -2.20. The Kier molecular flexibility index (Phi) is 2.57. The van der Waals surface area contributed by atoms with Crippen LogP contribution in [0.5, 0.6) is 0 Å². The van der Waals surface area contributed by atoms with Gasteiger partial charge < -0.3 is 5.73 Å². The molecule has 1 aromatic carbocycles. The van der Waals surface area contributed by atoms with Crippen molar-refractivity contribution in [1.29, 1.82) is 0 Å². The fourth-order valence-corrected chi connectivity index (χ4v) is 2.09. The van der Waals surface area contributed by atoms with Gasteiger partial charge in [-0.3, -0.25) is 4.98 Å². The second-order valence-electron chi connectivity index (χ2n) is 3.85. The van der Waals surface area contributed by atoms with Crippen molar-refractivity contribution in [3.8, 4) is 11.1 Å². The number of pyridine rings is 1. The van der Waals surface area contributed by atoms with E-state index in [2.05, 4.69) is 15.0 Å². The fourth-order valence-electron chi connectivity index (χ4n) is 1.82. The highest BCUT2D eigenvalue weighted by Gasteiger charge is 2.07. The Morgan fingerprint density at radius 3 is 2.67 bits per heavy atom. The zero-order chi connectivity index (χ0) is 12.5. The molecule has 5 heteroatoms. The smallest absolute Gasteiger partial charge is 0.220 e. The van der Waals surface area contributed by atoms with E-state index in [0.29, 0.717) is 5.02 Å². The van der Waals surface area contributed by atoms with Crippen molar-refractivity contribution in [2.24, 2.45) is 0 Å². The third kappa shape index (κ3) is 1.87. The first-order valence-electron chi connectivity index (χ1n) is 5.36. The molecule has 0 unspecified atom stereocenters. The summed E-state index contributed by atoms with van der Waals surface area (Å²) in [4.78, 5) is 12.1. The van der Waals surface area contributed by atoms with Crippen LogP contribution in [0, 0.1) is 0 Å². The third-order valence-electron chi connectivity index (χ3n) is 2.68. The summed E-state index contributed by atoms with van der Waals surface area (Å²) in [5.41, 5.74) is 8.23. The average Bonchev–Trinajstić information content (AvgIpc) is 2.39.